The van der Waals surface area contributed by atoms with Gasteiger partial charge in [0.1, 0.15) is 0 Å². The highest BCUT2D eigenvalue weighted by atomic mass is 35.5. The van der Waals surface area contributed by atoms with Crippen LogP contribution in [0.3, 0.4) is 0 Å². The minimum atomic E-state index is -0.00221. The van der Waals surface area contributed by atoms with Crippen molar-refractivity contribution in [2.24, 2.45) is 0 Å². The Labute approximate surface area is 107 Å². The lowest BCUT2D eigenvalue weighted by molar-refractivity contribution is 0.210. The highest BCUT2D eigenvalue weighted by Crippen LogP contribution is 2.21. The van der Waals surface area contributed by atoms with Gasteiger partial charge < -0.3 is 16.0 Å². The number of aryl methyl sites for hydroxylation is 1. The minimum Gasteiger partial charge on any atom is -0.394 e. The van der Waals surface area contributed by atoms with Gasteiger partial charge in [-0.3, -0.25) is 0 Å². The summed E-state index contributed by atoms with van der Waals surface area (Å²) < 4.78 is 0. The Bertz CT molecular complexity index is 403. The molecule has 0 bridgehead atoms. The van der Waals surface area contributed by atoms with E-state index in [2.05, 4.69) is 34.0 Å². The van der Waals surface area contributed by atoms with Crippen molar-refractivity contribution >= 4 is 23.1 Å². The molecule has 0 aliphatic carbocycles. The van der Waals surface area contributed by atoms with E-state index in [1.807, 2.05) is 21.0 Å². The van der Waals surface area contributed by atoms with Crippen LogP contribution in [0.4, 0.5) is 11.5 Å². The van der Waals surface area contributed by atoms with Gasteiger partial charge in [-0.15, -0.1) is 0 Å². The van der Waals surface area contributed by atoms with Crippen molar-refractivity contribution in [3.05, 3.63) is 11.0 Å². The summed E-state index contributed by atoms with van der Waals surface area (Å²) in [6.07, 6.45) is 0. The van der Waals surface area contributed by atoms with Gasteiger partial charge in [0.25, 0.3) is 0 Å². The number of halogens is 1. The van der Waals surface area contributed by atoms with Crippen LogP contribution in [-0.4, -0.2) is 41.0 Å². The third-order valence-electron chi connectivity index (χ3n) is 3.01. The average Bonchev–Trinajstić information content (AvgIpc) is 2.21. The Morgan fingerprint density at radius 2 is 1.94 bits per heavy atom. The van der Waals surface area contributed by atoms with Crippen LogP contribution in [0.25, 0.3) is 0 Å². The number of hydrogen-bond acceptors (Lipinski definition) is 5. The number of nitrogens with two attached hydrogens (primary N) is 1. The van der Waals surface area contributed by atoms with Crippen molar-refractivity contribution in [2.75, 3.05) is 31.7 Å². The Morgan fingerprint density at radius 3 is 2.47 bits per heavy atom. The first-order valence-corrected chi connectivity index (χ1v) is 5.83. The van der Waals surface area contributed by atoms with Crippen molar-refractivity contribution in [3.8, 4) is 0 Å². The van der Waals surface area contributed by atoms with Gasteiger partial charge in [0.15, 0.2) is 5.82 Å². The van der Waals surface area contributed by atoms with E-state index in [1.165, 1.54) is 0 Å². The monoisotopic (exact) mass is 257 g/mol. The summed E-state index contributed by atoms with van der Waals surface area (Å²) >= 11 is 5.81. The Morgan fingerprint density at radius 1 is 1.35 bits per heavy atom. The molecule has 1 aromatic rings. The SMILES string of the molecule is Cc1nc(Cl)nc(NCC(C)(C)N(C)C)c1N. The van der Waals surface area contributed by atoms with Crippen molar-refractivity contribution < 1.29 is 0 Å². The van der Waals surface area contributed by atoms with Crippen LogP contribution in [-0.2, 0) is 0 Å². The zero-order valence-electron chi connectivity index (χ0n) is 11.0. The molecule has 3 N–H and O–H groups in total. The fraction of sp³-hybridized carbons (Fsp3) is 0.636. The van der Waals surface area contributed by atoms with Gasteiger partial charge in [-0.25, -0.2) is 4.98 Å². The molecule has 0 aromatic carbocycles. The molecule has 0 saturated carbocycles. The highest BCUT2D eigenvalue weighted by Gasteiger charge is 2.21. The number of anilines is 2. The van der Waals surface area contributed by atoms with Crippen LogP contribution in [0.1, 0.15) is 19.5 Å². The summed E-state index contributed by atoms with van der Waals surface area (Å²) in [5.74, 6) is 0.595. The second kappa shape index (κ2) is 5.06. The highest BCUT2D eigenvalue weighted by molar-refractivity contribution is 6.28. The molecule has 1 heterocycles. The molecule has 17 heavy (non-hydrogen) atoms. The summed E-state index contributed by atoms with van der Waals surface area (Å²) in [6.45, 7) is 6.79. The number of hydrogen-bond donors (Lipinski definition) is 2. The smallest absolute Gasteiger partial charge is 0.224 e. The van der Waals surface area contributed by atoms with Crippen LogP contribution in [0.2, 0.25) is 5.28 Å². The number of rotatable bonds is 4. The topological polar surface area (TPSA) is 67.1 Å². The van der Waals surface area contributed by atoms with Gasteiger partial charge in [0, 0.05) is 12.1 Å². The van der Waals surface area contributed by atoms with Gasteiger partial charge in [-0.05, 0) is 46.5 Å². The maximum atomic E-state index is 5.90. The van der Waals surface area contributed by atoms with E-state index in [1.54, 1.807) is 0 Å². The van der Waals surface area contributed by atoms with E-state index in [0.717, 1.165) is 6.54 Å². The first-order chi connectivity index (χ1) is 7.74. The van der Waals surface area contributed by atoms with E-state index in [-0.39, 0.29) is 10.8 Å². The van der Waals surface area contributed by atoms with Gasteiger partial charge >= 0.3 is 0 Å². The van der Waals surface area contributed by atoms with E-state index in [9.17, 15) is 0 Å². The molecule has 0 unspecified atom stereocenters. The van der Waals surface area contributed by atoms with Crippen molar-refractivity contribution in [3.63, 3.8) is 0 Å². The standard InChI is InChI=1S/C11H20ClN5/c1-7-8(13)9(16-10(12)15-7)14-6-11(2,3)17(4)5/h6,13H2,1-5H3,(H,14,15,16). The zero-order valence-corrected chi connectivity index (χ0v) is 11.8. The van der Waals surface area contributed by atoms with E-state index in [4.69, 9.17) is 17.3 Å². The van der Waals surface area contributed by atoms with Gasteiger partial charge in [-0.1, -0.05) is 0 Å². The molecular formula is C11H20ClN5. The molecule has 5 nitrogen and oxygen atoms in total. The van der Waals surface area contributed by atoms with E-state index < -0.39 is 0 Å². The Balaban J connectivity index is 2.83. The molecule has 6 heteroatoms. The number of nitrogens with zero attached hydrogens (tertiary/aromatic N) is 3. The second-order valence-corrected chi connectivity index (χ2v) is 5.24. The van der Waals surface area contributed by atoms with Crippen molar-refractivity contribution in [1.29, 1.82) is 0 Å². The first kappa shape index (κ1) is 14.0. The van der Waals surface area contributed by atoms with Crippen LogP contribution in [0, 0.1) is 6.92 Å². The maximum Gasteiger partial charge on any atom is 0.224 e. The first-order valence-electron chi connectivity index (χ1n) is 5.45. The summed E-state index contributed by atoms with van der Waals surface area (Å²) in [5.41, 5.74) is 7.13. The summed E-state index contributed by atoms with van der Waals surface area (Å²) in [7, 11) is 4.06. The molecule has 0 amide bonds. The molecular weight excluding hydrogens is 238 g/mol. The van der Waals surface area contributed by atoms with Crippen molar-refractivity contribution in [2.45, 2.75) is 26.3 Å². The third-order valence-corrected chi connectivity index (χ3v) is 3.18. The molecule has 96 valence electrons. The fourth-order valence-corrected chi connectivity index (χ4v) is 1.35. The summed E-state index contributed by atoms with van der Waals surface area (Å²) in [4.78, 5) is 10.2. The normalized spacial score (nSPS) is 11.9. The molecule has 0 aliphatic rings. The second-order valence-electron chi connectivity index (χ2n) is 4.90. The van der Waals surface area contributed by atoms with Gasteiger partial charge in [0.2, 0.25) is 5.28 Å². The number of aromatic nitrogens is 2. The molecule has 0 saturated heterocycles. The molecule has 1 aromatic heterocycles. The van der Waals surface area contributed by atoms with Crippen LogP contribution >= 0.6 is 11.6 Å². The maximum absolute atomic E-state index is 5.90. The lowest BCUT2D eigenvalue weighted by Gasteiger charge is -2.33. The lowest BCUT2D eigenvalue weighted by atomic mass is 10.0. The molecule has 0 atom stereocenters. The molecule has 0 fully saturated rings. The van der Waals surface area contributed by atoms with Crippen LogP contribution in [0.15, 0.2) is 0 Å². The van der Waals surface area contributed by atoms with Gasteiger partial charge in [-0.2, -0.15) is 4.98 Å². The molecule has 0 aliphatic heterocycles. The number of likely N-dealkylation sites (N-methyl/N-ethyl adjacent to an activating group) is 1. The minimum absolute atomic E-state index is 0.00221. The third kappa shape index (κ3) is 3.44. The van der Waals surface area contributed by atoms with Crippen LogP contribution < -0.4 is 11.1 Å². The average molecular weight is 258 g/mol. The Kier molecular flexibility index (Phi) is 4.16. The van der Waals surface area contributed by atoms with E-state index in [0.29, 0.717) is 17.2 Å². The number of nitrogens with one attached hydrogen (secondary N) is 1. The molecule has 1 rings (SSSR count). The van der Waals surface area contributed by atoms with Crippen molar-refractivity contribution in [1.82, 2.24) is 14.9 Å². The Hall–Kier alpha value is -1.07. The van der Waals surface area contributed by atoms with Gasteiger partial charge in [0.05, 0.1) is 11.4 Å². The fourth-order valence-electron chi connectivity index (χ4n) is 1.14. The lowest BCUT2D eigenvalue weighted by Crippen LogP contribution is -2.44. The quantitative estimate of drug-likeness (QED) is 0.805. The molecule has 0 spiro atoms. The number of nitrogen functional groups attached to an aromatic ring is 1. The van der Waals surface area contributed by atoms with Crippen LogP contribution in [0.5, 0.6) is 0 Å². The van der Waals surface area contributed by atoms with E-state index >= 15 is 0 Å². The largest absolute Gasteiger partial charge is 0.394 e. The zero-order chi connectivity index (χ0) is 13.2. The summed E-state index contributed by atoms with van der Waals surface area (Å²) in [6, 6.07) is 0. The summed E-state index contributed by atoms with van der Waals surface area (Å²) in [5, 5.41) is 3.42. The predicted molar refractivity (Wildman–Crippen MR) is 72.4 cm³/mol. The molecule has 0 radical (unpaired) electrons. The predicted octanol–water partition coefficient (Wildman–Crippen LogP) is 1.77.